The van der Waals surface area contributed by atoms with Crippen LogP contribution in [-0.2, 0) is 0 Å². The highest BCUT2D eigenvalue weighted by Crippen LogP contribution is 2.56. The molecule has 1 aromatic rings. The second-order valence-corrected chi connectivity index (χ2v) is 4.55. The summed E-state index contributed by atoms with van der Waals surface area (Å²) < 4.78 is 18.9. The second-order valence-electron chi connectivity index (χ2n) is 2.65. The van der Waals surface area contributed by atoms with Crippen molar-refractivity contribution >= 4 is 34.8 Å². The van der Waals surface area contributed by atoms with Gasteiger partial charge in [0.2, 0.25) is 0 Å². The Morgan fingerprint density at radius 2 is 1.92 bits per heavy atom. The predicted octanol–water partition coefficient (Wildman–Crippen LogP) is 2.78. The summed E-state index contributed by atoms with van der Waals surface area (Å²) in [5, 5.41) is 1.40. The highest BCUT2D eigenvalue weighted by molar-refractivity contribution is 8.27. The smallest absolute Gasteiger partial charge is 0.0723 e. The van der Waals surface area contributed by atoms with Crippen LogP contribution in [0, 0.1) is 0 Å². The van der Waals surface area contributed by atoms with Crippen molar-refractivity contribution in [3.05, 3.63) is 29.2 Å². The number of anilines is 1. The van der Waals surface area contributed by atoms with Crippen LogP contribution in [0.1, 0.15) is 5.56 Å². The van der Waals surface area contributed by atoms with Gasteiger partial charge in [-0.25, -0.2) is 0 Å². The average Bonchev–Trinajstić information content (AvgIpc) is 2.30. The van der Waals surface area contributed by atoms with Crippen LogP contribution < -0.4 is 5.73 Å². The minimum Gasteiger partial charge on any atom is -0.398 e. The van der Waals surface area contributed by atoms with Gasteiger partial charge < -0.3 is 5.73 Å². The molecule has 72 valence electrons. The molecular formula is C8H10ClNO2S. The molecular weight excluding hydrogens is 210 g/mol. The van der Waals surface area contributed by atoms with Crippen molar-refractivity contribution in [3.63, 3.8) is 0 Å². The van der Waals surface area contributed by atoms with Crippen molar-refractivity contribution in [2.24, 2.45) is 0 Å². The molecule has 1 heterocycles. The summed E-state index contributed by atoms with van der Waals surface area (Å²) in [6, 6.07) is 5.14. The second kappa shape index (κ2) is 3.23. The molecule has 1 aliphatic rings. The van der Waals surface area contributed by atoms with Crippen LogP contribution >= 0.6 is 23.0 Å². The summed E-state index contributed by atoms with van der Waals surface area (Å²) in [7, 11) is -2.69. The van der Waals surface area contributed by atoms with Crippen LogP contribution in [0.25, 0.3) is 6.08 Å². The molecule has 0 bridgehead atoms. The van der Waals surface area contributed by atoms with Gasteiger partial charge >= 0.3 is 0 Å². The van der Waals surface area contributed by atoms with Crippen LogP contribution in [0.4, 0.5) is 5.69 Å². The van der Waals surface area contributed by atoms with Gasteiger partial charge in [0.1, 0.15) is 0 Å². The Balaban J connectivity index is 0.000000845. The molecule has 1 aromatic carbocycles. The molecule has 0 fully saturated rings. The van der Waals surface area contributed by atoms with Crippen LogP contribution in [-0.4, -0.2) is 9.11 Å². The lowest BCUT2D eigenvalue weighted by Gasteiger charge is -2.25. The zero-order chi connectivity index (χ0) is 8.77. The Kier molecular flexibility index (Phi) is 2.58. The highest BCUT2D eigenvalue weighted by Gasteiger charge is 2.22. The average molecular weight is 220 g/mol. The van der Waals surface area contributed by atoms with E-state index in [2.05, 4.69) is 0 Å². The standard InChI is InChI=1S/C8H9NO2S.ClH/c9-7-2-1-3-8-6(7)4-5-12(8,10)11;/h1-5,10-11H,9H2;1H. The van der Waals surface area contributed by atoms with Gasteiger partial charge in [-0.05, 0) is 18.2 Å². The summed E-state index contributed by atoms with van der Waals surface area (Å²) in [5.41, 5.74) is 6.95. The molecule has 0 spiro atoms. The third kappa shape index (κ3) is 1.53. The molecule has 0 aliphatic carbocycles. The Morgan fingerprint density at radius 3 is 2.54 bits per heavy atom. The molecule has 0 atom stereocenters. The third-order valence-corrected chi connectivity index (χ3v) is 3.37. The van der Waals surface area contributed by atoms with Crippen molar-refractivity contribution in [1.82, 2.24) is 0 Å². The summed E-state index contributed by atoms with van der Waals surface area (Å²) >= 11 is 0. The van der Waals surface area contributed by atoms with E-state index in [0.717, 1.165) is 5.56 Å². The van der Waals surface area contributed by atoms with Gasteiger partial charge in [0, 0.05) is 16.7 Å². The molecule has 4 N–H and O–H groups in total. The maximum atomic E-state index is 9.47. The van der Waals surface area contributed by atoms with E-state index in [1.54, 1.807) is 24.3 Å². The van der Waals surface area contributed by atoms with Crippen molar-refractivity contribution in [1.29, 1.82) is 0 Å². The Labute approximate surface area is 84.0 Å². The lowest BCUT2D eigenvalue weighted by Crippen LogP contribution is -1.94. The van der Waals surface area contributed by atoms with Crippen LogP contribution in [0.2, 0.25) is 0 Å². The highest BCUT2D eigenvalue weighted by atomic mass is 35.5. The van der Waals surface area contributed by atoms with E-state index in [4.69, 9.17) is 5.73 Å². The van der Waals surface area contributed by atoms with Gasteiger partial charge in [0.15, 0.2) is 0 Å². The minimum absolute atomic E-state index is 0. The first-order valence-corrected chi connectivity index (χ1v) is 5.07. The van der Waals surface area contributed by atoms with E-state index >= 15 is 0 Å². The number of benzene rings is 1. The van der Waals surface area contributed by atoms with Crippen molar-refractivity contribution < 1.29 is 9.11 Å². The minimum atomic E-state index is -2.69. The summed E-state index contributed by atoms with van der Waals surface area (Å²) in [6.45, 7) is 0. The van der Waals surface area contributed by atoms with E-state index < -0.39 is 10.6 Å². The maximum Gasteiger partial charge on any atom is 0.0723 e. The molecule has 0 unspecified atom stereocenters. The van der Waals surface area contributed by atoms with Crippen LogP contribution in [0.3, 0.4) is 0 Å². The van der Waals surface area contributed by atoms with Gasteiger partial charge in [0.05, 0.1) is 4.90 Å². The van der Waals surface area contributed by atoms with E-state index in [1.165, 1.54) is 5.41 Å². The fraction of sp³-hybridized carbons (Fsp3) is 0. The molecule has 3 nitrogen and oxygen atoms in total. The molecule has 2 rings (SSSR count). The number of rotatable bonds is 0. The number of nitrogens with two attached hydrogens (primary N) is 1. The van der Waals surface area contributed by atoms with Gasteiger partial charge in [-0.3, -0.25) is 9.11 Å². The first-order valence-electron chi connectivity index (χ1n) is 3.46. The molecule has 1 aliphatic heterocycles. The lowest BCUT2D eigenvalue weighted by atomic mass is 10.2. The molecule has 13 heavy (non-hydrogen) atoms. The molecule has 0 amide bonds. The van der Waals surface area contributed by atoms with Crippen molar-refractivity contribution in [2.45, 2.75) is 4.90 Å². The Morgan fingerprint density at radius 1 is 1.23 bits per heavy atom. The Hall–Kier alpha value is -0.680. The topological polar surface area (TPSA) is 66.5 Å². The van der Waals surface area contributed by atoms with Crippen molar-refractivity contribution in [2.75, 3.05) is 5.73 Å². The molecule has 0 saturated carbocycles. The molecule has 5 heteroatoms. The van der Waals surface area contributed by atoms with Gasteiger partial charge in [-0.2, -0.15) is 0 Å². The number of halogens is 1. The third-order valence-electron chi connectivity index (χ3n) is 1.85. The Bertz CT molecular complexity index is 365. The largest absolute Gasteiger partial charge is 0.398 e. The number of hydrogen-bond acceptors (Lipinski definition) is 3. The summed E-state index contributed by atoms with van der Waals surface area (Å²) in [4.78, 5) is 0.530. The zero-order valence-electron chi connectivity index (χ0n) is 6.68. The van der Waals surface area contributed by atoms with E-state index in [1.807, 2.05) is 0 Å². The maximum absolute atomic E-state index is 9.47. The van der Waals surface area contributed by atoms with E-state index in [0.29, 0.717) is 10.6 Å². The lowest BCUT2D eigenvalue weighted by molar-refractivity contribution is 0.501. The SMILES string of the molecule is Cl.Nc1cccc2c1C=CS2(O)O. The van der Waals surface area contributed by atoms with Crippen LogP contribution in [0.5, 0.6) is 0 Å². The first-order chi connectivity index (χ1) is 5.61. The predicted molar refractivity (Wildman–Crippen MR) is 58.3 cm³/mol. The quantitative estimate of drug-likeness (QED) is 0.588. The summed E-state index contributed by atoms with van der Waals surface area (Å²) in [5.74, 6) is 0. The molecule has 0 aromatic heterocycles. The number of nitrogen functional groups attached to an aromatic ring is 1. The first kappa shape index (κ1) is 10.4. The summed E-state index contributed by atoms with van der Waals surface area (Å²) in [6.07, 6.45) is 1.65. The number of hydrogen-bond donors (Lipinski definition) is 3. The molecule has 0 saturated heterocycles. The fourth-order valence-corrected chi connectivity index (χ4v) is 2.50. The van der Waals surface area contributed by atoms with Gasteiger partial charge in [0.25, 0.3) is 0 Å². The normalized spacial score (nSPS) is 18.9. The van der Waals surface area contributed by atoms with Crippen LogP contribution in [0.15, 0.2) is 28.5 Å². The fourth-order valence-electron chi connectivity index (χ4n) is 1.24. The van der Waals surface area contributed by atoms with E-state index in [9.17, 15) is 9.11 Å². The number of fused-ring (bicyclic) bond motifs is 1. The van der Waals surface area contributed by atoms with Gasteiger partial charge in [-0.15, -0.1) is 23.0 Å². The van der Waals surface area contributed by atoms with Crippen molar-refractivity contribution in [3.8, 4) is 0 Å². The van der Waals surface area contributed by atoms with E-state index in [-0.39, 0.29) is 12.4 Å². The monoisotopic (exact) mass is 219 g/mol. The zero-order valence-corrected chi connectivity index (χ0v) is 8.31. The van der Waals surface area contributed by atoms with Gasteiger partial charge in [-0.1, -0.05) is 6.07 Å². The molecule has 0 radical (unpaired) electrons.